The van der Waals surface area contributed by atoms with E-state index < -0.39 is 26.9 Å². The van der Waals surface area contributed by atoms with Crippen molar-refractivity contribution in [1.82, 2.24) is 19.9 Å². The number of hydrogen-bond donors (Lipinski definition) is 2. The molecule has 2 aromatic carbocycles. The summed E-state index contributed by atoms with van der Waals surface area (Å²) in [4.78, 5) is 25.9. The number of benzene rings is 2. The zero-order valence-corrected chi connectivity index (χ0v) is 20.9. The summed E-state index contributed by atoms with van der Waals surface area (Å²) in [6.45, 7) is 2.25. The molecule has 11 heteroatoms. The quantitative estimate of drug-likeness (QED) is 0.380. The minimum Gasteiger partial charge on any atom is -0.435 e. The first-order valence-corrected chi connectivity index (χ1v) is 13.4. The molecule has 1 fully saturated rings. The second kappa shape index (κ2) is 9.91. The number of sulfone groups is 1. The lowest BCUT2D eigenvalue weighted by molar-refractivity contribution is -0.131. The van der Waals surface area contributed by atoms with Crippen LogP contribution in [0, 0.1) is 12.7 Å². The van der Waals surface area contributed by atoms with Crippen molar-refractivity contribution in [3.05, 3.63) is 78.0 Å². The van der Waals surface area contributed by atoms with E-state index in [4.69, 9.17) is 10.5 Å². The van der Waals surface area contributed by atoms with E-state index in [9.17, 15) is 17.6 Å². The van der Waals surface area contributed by atoms with Gasteiger partial charge >= 0.3 is 0 Å². The summed E-state index contributed by atoms with van der Waals surface area (Å²) in [5.41, 5.74) is 8.13. The van der Waals surface area contributed by atoms with E-state index in [2.05, 4.69) is 15.0 Å². The van der Waals surface area contributed by atoms with E-state index in [-0.39, 0.29) is 35.4 Å². The molecule has 0 radical (unpaired) electrons. The number of likely N-dealkylation sites (tertiary alicyclic amines) is 1. The van der Waals surface area contributed by atoms with Crippen LogP contribution in [0.4, 0.5) is 4.39 Å². The van der Waals surface area contributed by atoms with Gasteiger partial charge in [0, 0.05) is 19.3 Å². The highest BCUT2D eigenvalue weighted by Crippen LogP contribution is 2.31. The largest absolute Gasteiger partial charge is 0.435 e. The number of aryl methyl sites for hydroxylation is 1. The summed E-state index contributed by atoms with van der Waals surface area (Å²) >= 11 is 0. The number of fused-ring (bicyclic) bond motifs is 1. The number of hydrogen-bond acceptors (Lipinski definition) is 7. The van der Waals surface area contributed by atoms with E-state index in [1.807, 2.05) is 6.92 Å². The Bertz CT molecular complexity index is 1560. The molecule has 5 rings (SSSR count). The third-order valence-corrected chi connectivity index (χ3v) is 8.77. The summed E-state index contributed by atoms with van der Waals surface area (Å²) in [5.74, 6) is -0.765. The minimum absolute atomic E-state index is 0.0160. The number of aromatic nitrogens is 3. The van der Waals surface area contributed by atoms with Crippen molar-refractivity contribution >= 4 is 26.8 Å². The molecule has 1 aliphatic heterocycles. The third kappa shape index (κ3) is 4.92. The number of nitrogens with one attached hydrogen (secondary N) is 1. The Kier molecular flexibility index (Phi) is 6.65. The van der Waals surface area contributed by atoms with Crippen LogP contribution in [0.1, 0.15) is 17.5 Å². The van der Waals surface area contributed by atoms with E-state index in [0.29, 0.717) is 29.6 Å². The first kappa shape index (κ1) is 24.8. The molecule has 4 aromatic rings. The van der Waals surface area contributed by atoms with Gasteiger partial charge in [-0.15, -0.1) is 0 Å². The van der Waals surface area contributed by atoms with Crippen molar-refractivity contribution < 1.29 is 22.3 Å². The van der Waals surface area contributed by atoms with Gasteiger partial charge in [-0.2, -0.15) is 0 Å². The van der Waals surface area contributed by atoms with Gasteiger partial charge in [0.25, 0.3) is 0 Å². The highest BCUT2D eigenvalue weighted by Gasteiger charge is 2.37. The third-order valence-electron chi connectivity index (χ3n) is 6.58. The molecular formula is C26H26FN5O4S. The number of rotatable bonds is 7. The lowest BCUT2D eigenvalue weighted by atomic mass is 10.1. The number of nitrogens with two attached hydrogens (primary N) is 1. The highest BCUT2D eigenvalue weighted by molar-refractivity contribution is 7.92. The molecule has 0 aliphatic carbocycles. The van der Waals surface area contributed by atoms with Gasteiger partial charge in [-0.25, -0.2) is 22.8 Å². The number of ether oxygens (including phenoxy) is 1. The molecule has 0 bridgehead atoms. The van der Waals surface area contributed by atoms with Gasteiger partial charge in [-0.1, -0.05) is 24.3 Å². The van der Waals surface area contributed by atoms with Crippen molar-refractivity contribution in [2.24, 2.45) is 5.73 Å². The van der Waals surface area contributed by atoms with Crippen molar-refractivity contribution in [3.63, 3.8) is 0 Å². The normalized spacial score (nSPS) is 16.7. The molecule has 3 heterocycles. The van der Waals surface area contributed by atoms with Crippen LogP contribution in [0.3, 0.4) is 0 Å². The molecule has 3 N–H and O–H groups in total. The van der Waals surface area contributed by atoms with Crippen molar-refractivity contribution in [2.45, 2.75) is 36.0 Å². The smallest absolute Gasteiger partial charge is 0.239 e. The second-order valence-electron chi connectivity index (χ2n) is 9.10. The Morgan fingerprint density at radius 2 is 2.03 bits per heavy atom. The average molecular weight is 524 g/mol. The van der Waals surface area contributed by atoms with Gasteiger partial charge < -0.3 is 20.4 Å². The van der Waals surface area contributed by atoms with Gasteiger partial charge in [0.05, 0.1) is 21.6 Å². The number of nitrogens with zero attached hydrogens (tertiary/aromatic N) is 3. The molecule has 2 atom stereocenters. The number of H-pyrrole nitrogens is 1. The van der Waals surface area contributed by atoms with Gasteiger partial charge in [0.15, 0.2) is 21.4 Å². The first-order valence-electron chi connectivity index (χ1n) is 11.8. The summed E-state index contributed by atoms with van der Waals surface area (Å²) in [6, 6.07) is 11.7. The zero-order chi connectivity index (χ0) is 26.2. The van der Waals surface area contributed by atoms with Gasteiger partial charge in [-0.3, -0.25) is 4.79 Å². The fraction of sp³-hybridized carbons (Fsp3) is 0.269. The number of carbonyl (C=O) groups is 1. The molecule has 37 heavy (non-hydrogen) atoms. The molecule has 1 amide bonds. The predicted octanol–water partition coefficient (Wildman–Crippen LogP) is 3.14. The molecule has 1 saturated heterocycles. The molecule has 2 unspecified atom stereocenters. The van der Waals surface area contributed by atoms with Gasteiger partial charge in [-0.05, 0) is 55.2 Å². The monoisotopic (exact) mass is 523 g/mol. The topological polar surface area (TPSA) is 131 Å². The first-order chi connectivity index (χ1) is 17.7. The van der Waals surface area contributed by atoms with Crippen LogP contribution in [-0.2, 0) is 21.1 Å². The Labute approximate surface area is 213 Å². The van der Waals surface area contributed by atoms with Crippen LogP contribution in [0.25, 0.3) is 11.0 Å². The van der Waals surface area contributed by atoms with Gasteiger partial charge in [0.2, 0.25) is 11.8 Å². The molecule has 0 saturated carbocycles. The molecule has 192 valence electrons. The maximum Gasteiger partial charge on any atom is 0.239 e. The van der Waals surface area contributed by atoms with Crippen LogP contribution < -0.4 is 10.5 Å². The van der Waals surface area contributed by atoms with E-state index in [1.165, 1.54) is 23.4 Å². The summed E-state index contributed by atoms with van der Waals surface area (Å²) in [5, 5.41) is -0.0198. The van der Waals surface area contributed by atoms with Crippen LogP contribution in [0.15, 0.2) is 66.0 Å². The highest BCUT2D eigenvalue weighted by atomic mass is 32.2. The summed E-state index contributed by atoms with van der Waals surface area (Å²) < 4.78 is 46.4. The maximum atomic E-state index is 14.9. The molecule has 1 aliphatic rings. The Morgan fingerprint density at radius 3 is 2.78 bits per heavy atom. The average Bonchev–Trinajstić information content (AvgIpc) is 3.54. The second-order valence-corrected chi connectivity index (χ2v) is 11.3. The van der Waals surface area contributed by atoms with E-state index >= 15 is 0 Å². The lowest BCUT2D eigenvalue weighted by Gasteiger charge is -2.21. The molecule has 2 aromatic heterocycles. The molecule has 0 spiro atoms. The fourth-order valence-electron chi connectivity index (χ4n) is 4.58. The fourth-order valence-corrected chi connectivity index (χ4v) is 6.29. The minimum atomic E-state index is -3.55. The molecule has 9 nitrogen and oxygen atoms in total. The standard InChI is InChI=1S/C26H26FN5O4S/c1-16-13-29-24-23(16)25(31-15-30-24)36-22-8-7-17(11-20(22)27)12-21(28)26(33)32-10-9-19(14-32)37(34,35)18-5-3-2-4-6-18/h2-8,11,13,15,19,21H,9-10,12,14,28H2,1H3,(H,29,30,31). The van der Waals surface area contributed by atoms with Crippen LogP contribution >= 0.6 is 0 Å². The number of aromatic amines is 1. The van der Waals surface area contributed by atoms with Crippen molar-refractivity contribution in [1.29, 1.82) is 0 Å². The summed E-state index contributed by atoms with van der Waals surface area (Å²) in [6.07, 6.45) is 3.53. The van der Waals surface area contributed by atoms with Crippen LogP contribution in [-0.4, -0.2) is 58.6 Å². The lowest BCUT2D eigenvalue weighted by Crippen LogP contribution is -2.44. The Balaban J connectivity index is 1.24. The van der Waals surface area contributed by atoms with Gasteiger partial charge in [0.1, 0.15) is 12.0 Å². The maximum absolute atomic E-state index is 14.9. The Morgan fingerprint density at radius 1 is 1.24 bits per heavy atom. The number of amides is 1. The van der Waals surface area contributed by atoms with Crippen LogP contribution in [0.2, 0.25) is 0 Å². The number of halogens is 1. The Hall–Kier alpha value is -3.83. The molecular weight excluding hydrogens is 497 g/mol. The number of carbonyl (C=O) groups excluding carboxylic acids is 1. The predicted molar refractivity (Wildman–Crippen MR) is 135 cm³/mol. The SMILES string of the molecule is Cc1c[nH]c2ncnc(Oc3ccc(CC(N)C(=O)N4CCC(S(=O)(=O)c5ccccc5)C4)cc3F)c12. The zero-order valence-electron chi connectivity index (χ0n) is 20.1. The van der Waals surface area contributed by atoms with Crippen LogP contribution in [0.5, 0.6) is 11.6 Å². The summed E-state index contributed by atoms with van der Waals surface area (Å²) in [7, 11) is -3.55. The van der Waals surface area contributed by atoms with Crippen molar-refractivity contribution in [2.75, 3.05) is 13.1 Å². The van der Waals surface area contributed by atoms with Crippen molar-refractivity contribution in [3.8, 4) is 11.6 Å². The van der Waals surface area contributed by atoms with E-state index in [1.54, 1.807) is 42.6 Å². The van der Waals surface area contributed by atoms with E-state index in [0.717, 1.165) is 5.56 Å².